The molecule has 0 unspecified atom stereocenters. The second kappa shape index (κ2) is 9.44. The quantitative estimate of drug-likeness (QED) is 0.428. The van der Waals surface area contributed by atoms with E-state index in [2.05, 4.69) is 27.1 Å². The SMILES string of the molecule is CN=C(NCCCS(=O)(=O)c1ccccc1)NCCc1cccs1. The second-order valence-corrected chi connectivity index (χ2v) is 8.38. The number of rotatable bonds is 8. The molecule has 1 aromatic heterocycles. The third kappa shape index (κ3) is 5.98. The Balaban J connectivity index is 1.68. The van der Waals surface area contributed by atoms with E-state index < -0.39 is 9.84 Å². The molecule has 0 spiro atoms. The Labute approximate surface area is 147 Å². The van der Waals surface area contributed by atoms with Crippen molar-refractivity contribution in [1.82, 2.24) is 10.6 Å². The molecule has 24 heavy (non-hydrogen) atoms. The first-order valence-electron chi connectivity index (χ1n) is 7.86. The summed E-state index contributed by atoms with van der Waals surface area (Å²) in [6.07, 6.45) is 1.48. The molecular weight excluding hydrogens is 342 g/mol. The lowest BCUT2D eigenvalue weighted by Gasteiger charge is -2.11. The standard InChI is InChI=1S/C17H23N3O2S2/c1-18-17(20-12-10-15-7-5-13-23-15)19-11-6-14-24(21,22)16-8-3-2-4-9-16/h2-5,7-9,13H,6,10-12,14H2,1H3,(H2,18,19,20). The Hall–Kier alpha value is -1.86. The molecule has 0 fully saturated rings. The van der Waals surface area contributed by atoms with E-state index in [0.717, 1.165) is 13.0 Å². The normalized spacial score (nSPS) is 12.1. The van der Waals surface area contributed by atoms with Crippen LogP contribution in [-0.2, 0) is 16.3 Å². The van der Waals surface area contributed by atoms with Gasteiger partial charge < -0.3 is 10.6 Å². The summed E-state index contributed by atoms with van der Waals surface area (Å²) in [6, 6.07) is 12.7. The molecule has 0 bridgehead atoms. The molecule has 0 aliphatic carbocycles. The molecule has 0 atom stereocenters. The van der Waals surface area contributed by atoms with E-state index in [-0.39, 0.29) is 5.75 Å². The second-order valence-electron chi connectivity index (χ2n) is 5.24. The maximum Gasteiger partial charge on any atom is 0.190 e. The van der Waals surface area contributed by atoms with Gasteiger partial charge in [0.05, 0.1) is 10.6 Å². The molecule has 1 heterocycles. The van der Waals surface area contributed by atoms with E-state index >= 15 is 0 Å². The minimum atomic E-state index is -3.21. The monoisotopic (exact) mass is 365 g/mol. The zero-order valence-electron chi connectivity index (χ0n) is 13.7. The van der Waals surface area contributed by atoms with Gasteiger partial charge in [0.2, 0.25) is 0 Å². The minimum Gasteiger partial charge on any atom is -0.356 e. The van der Waals surface area contributed by atoms with Gasteiger partial charge in [0.25, 0.3) is 0 Å². The predicted molar refractivity (Wildman–Crippen MR) is 100 cm³/mol. The van der Waals surface area contributed by atoms with Gasteiger partial charge in [-0.3, -0.25) is 4.99 Å². The van der Waals surface area contributed by atoms with Crippen LogP contribution in [0.1, 0.15) is 11.3 Å². The van der Waals surface area contributed by atoms with Crippen molar-refractivity contribution in [2.24, 2.45) is 4.99 Å². The maximum atomic E-state index is 12.2. The number of sulfone groups is 1. The maximum absolute atomic E-state index is 12.2. The molecule has 2 N–H and O–H groups in total. The highest BCUT2D eigenvalue weighted by Gasteiger charge is 2.13. The van der Waals surface area contributed by atoms with Crippen molar-refractivity contribution >= 4 is 27.1 Å². The zero-order valence-corrected chi connectivity index (χ0v) is 15.4. The molecule has 2 rings (SSSR count). The number of hydrogen-bond acceptors (Lipinski definition) is 4. The molecule has 0 saturated heterocycles. The molecule has 0 saturated carbocycles. The minimum absolute atomic E-state index is 0.121. The topological polar surface area (TPSA) is 70.6 Å². The summed E-state index contributed by atoms with van der Waals surface area (Å²) in [5.41, 5.74) is 0. The van der Waals surface area contributed by atoms with Crippen molar-refractivity contribution < 1.29 is 8.42 Å². The number of nitrogens with one attached hydrogen (secondary N) is 2. The number of benzene rings is 1. The smallest absolute Gasteiger partial charge is 0.190 e. The fourth-order valence-corrected chi connectivity index (χ4v) is 4.24. The van der Waals surface area contributed by atoms with Gasteiger partial charge in [-0.2, -0.15) is 0 Å². The molecule has 0 aliphatic heterocycles. The fraction of sp³-hybridized carbons (Fsp3) is 0.353. The van der Waals surface area contributed by atoms with Crippen LogP contribution in [0.25, 0.3) is 0 Å². The number of aliphatic imine (C=N–C) groups is 1. The van der Waals surface area contributed by atoms with Gasteiger partial charge in [-0.25, -0.2) is 8.42 Å². The Morgan fingerprint density at radius 3 is 2.50 bits per heavy atom. The van der Waals surface area contributed by atoms with Crippen LogP contribution in [0.2, 0.25) is 0 Å². The van der Waals surface area contributed by atoms with Crippen LogP contribution in [0.15, 0.2) is 57.7 Å². The van der Waals surface area contributed by atoms with Crippen LogP contribution in [0.3, 0.4) is 0 Å². The lowest BCUT2D eigenvalue weighted by Crippen LogP contribution is -2.39. The first kappa shape index (κ1) is 18.5. The van der Waals surface area contributed by atoms with Crippen molar-refractivity contribution in [1.29, 1.82) is 0 Å². The molecule has 130 valence electrons. The number of thiophene rings is 1. The highest BCUT2D eigenvalue weighted by molar-refractivity contribution is 7.91. The lowest BCUT2D eigenvalue weighted by molar-refractivity contribution is 0.592. The average molecular weight is 366 g/mol. The van der Waals surface area contributed by atoms with Crippen LogP contribution >= 0.6 is 11.3 Å². The van der Waals surface area contributed by atoms with Crippen LogP contribution in [0, 0.1) is 0 Å². The summed E-state index contributed by atoms with van der Waals surface area (Å²) in [4.78, 5) is 5.85. The first-order valence-corrected chi connectivity index (χ1v) is 10.4. The van der Waals surface area contributed by atoms with Crippen molar-refractivity contribution in [3.8, 4) is 0 Å². The van der Waals surface area contributed by atoms with E-state index in [1.54, 1.807) is 42.6 Å². The van der Waals surface area contributed by atoms with Crippen LogP contribution in [-0.4, -0.2) is 40.3 Å². The third-order valence-corrected chi connectivity index (χ3v) is 6.20. The first-order chi connectivity index (χ1) is 11.6. The number of hydrogen-bond donors (Lipinski definition) is 2. The van der Waals surface area contributed by atoms with Crippen LogP contribution < -0.4 is 10.6 Å². The van der Waals surface area contributed by atoms with Gasteiger partial charge >= 0.3 is 0 Å². The molecular formula is C17H23N3O2S2. The van der Waals surface area contributed by atoms with E-state index in [9.17, 15) is 8.42 Å². The van der Waals surface area contributed by atoms with Crippen molar-refractivity contribution in [2.45, 2.75) is 17.7 Å². The summed E-state index contributed by atoms with van der Waals surface area (Å²) in [6.45, 7) is 1.35. The van der Waals surface area contributed by atoms with Gasteiger partial charge in [-0.1, -0.05) is 24.3 Å². The Bertz CT molecular complexity index is 726. The van der Waals surface area contributed by atoms with Gasteiger partial charge in [0, 0.05) is 25.0 Å². The third-order valence-electron chi connectivity index (χ3n) is 3.45. The number of guanidine groups is 1. The van der Waals surface area contributed by atoms with E-state index in [1.807, 2.05) is 12.1 Å². The fourth-order valence-electron chi connectivity index (χ4n) is 2.19. The summed E-state index contributed by atoms with van der Waals surface area (Å²) in [5.74, 6) is 0.819. The Kier molecular flexibility index (Phi) is 7.27. The molecule has 0 aliphatic rings. The average Bonchev–Trinajstić information content (AvgIpc) is 3.11. The molecule has 0 amide bonds. The van der Waals surface area contributed by atoms with Crippen molar-refractivity contribution in [2.75, 3.05) is 25.9 Å². The van der Waals surface area contributed by atoms with Gasteiger partial charge in [0.15, 0.2) is 15.8 Å². The van der Waals surface area contributed by atoms with E-state index in [1.165, 1.54) is 4.88 Å². The predicted octanol–water partition coefficient (Wildman–Crippen LogP) is 2.32. The van der Waals surface area contributed by atoms with Gasteiger partial charge in [-0.15, -0.1) is 11.3 Å². The van der Waals surface area contributed by atoms with Gasteiger partial charge in [-0.05, 0) is 36.4 Å². The van der Waals surface area contributed by atoms with E-state index in [0.29, 0.717) is 23.8 Å². The van der Waals surface area contributed by atoms with Crippen LogP contribution in [0.4, 0.5) is 0 Å². The highest BCUT2D eigenvalue weighted by atomic mass is 32.2. The molecule has 1 aromatic carbocycles. The largest absolute Gasteiger partial charge is 0.356 e. The lowest BCUT2D eigenvalue weighted by atomic mass is 10.3. The van der Waals surface area contributed by atoms with Crippen LogP contribution in [0.5, 0.6) is 0 Å². The summed E-state index contributed by atoms with van der Waals surface area (Å²) >= 11 is 1.74. The Morgan fingerprint density at radius 1 is 1.08 bits per heavy atom. The van der Waals surface area contributed by atoms with Crippen molar-refractivity contribution in [3.05, 3.63) is 52.7 Å². The molecule has 0 radical (unpaired) electrons. The number of nitrogens with zero attached hydrogens (tertiary/aromatic N) is 1. The van der Waals surface area contributed by atoms with Crippen molar-refractivity contribution in [3.63, 3.8) is 0 Å². The van der Waals surface area contributed by atoms with E-state index in [4.69, 9.17) is 0 Å². The summed E-state index contributed by atoms with van der Waals surface area (Å²) in [5, 5.41) is 8.45. The zero-order chi connectivity index (χ0) is 17.3. The molecule has 5 nitrogen and oxygen atoms in total. The molecule has 2 aromatic rings. The summed E-state index contributed by atoms with van der Waals surface area (Å²) < 4.78 is 24.4. The molecule has 7 heteroatoms. The highest BCUT2D eigenvalue weighted by Crippen LogP contribution is 2.10. The Morgan fingerprint density at radius 2 is 1.83 bits per heavy atom. The summed E-state index contributed by atoms with van der Waals surface area (Å²) in [7, 11) is -1.50. The van der Waals surface area contributed by atoms with Gasteiger partial charge in [0.1, 0.15) is 0 Å².